The maximum atomic E-state index is 6.22. The molecule has 0 saturated heterocycles. The van der Waals surface area contributed by atoms with Crippen molar-refractivity contribution in [1.82, 2.24) is 4.98 Å². The van der Waals surface area contributed by atoms with Crippen LogP contribution in [-0.4, -0.2) is 4.98 Å². The standard InChI is InChI=1S/C18H15Cl3N2S/c1-2-5-16-17(11-8-9-12(19)14(21)10-11)23-18(24-16)22-15-7-4-3-6-13(15)20/h3-4,6-10H,2,5H2,1H3,(H,22,23). The number of anilines is 2. The molecule has 0 aliphatic rings. The molecule has 6 heteroatoms. The number of para-hydroxylation sites is 1. The number of halogens is 3. The van der Waals surface area contributed by atoms with Crippen molar-refractivity contribution in [3.63, 3.8) is 0 Å². The van der Waals surface area contributed by atoms with Crippen LogP contribution in [0.5, 0.6) is 0 Å². The Balaban J connectivity index is 1.98. The number of nitrogens with one attached hydrogen (secondary N) is 1. The summed E-state index contributed by atoms with van der Waals surface area (Å²) in [4.78, 5) is 5.97. The number of thiazole rings is 1. The highest BCUT2D eigenvalue weighted by Crippen LogP contribution is 2.36. The molecule has 24 heavy (non-hydrogen) atoms. The van der Waals surface area contributed by atoms with E-state index in [2.05, 4.69) is 12.2 Å². The predicted molar refractivity (Wildman–Crippen MR) is 106 cm³/mol. The highest BCUT2D eigenvalue weighted by molar-refractivity contribution is 7.16. The Morgan fingerprint density at radius 3 is 2.50 bits per heavy atom. The van der Waals surface area contributed by atoms with Crippen LogP contribution in [0, 0.1) is 0 Å². The number of aryl methyl sites for hydroxylation is 1. The molecule has 0 spiro atoms. The van der Waals surface area contributed by atoms with Crippen molar-refractivity contribution in [3.05, 3.63) is 62.4 Å². The lowest BCUT2D eigenvalue weighted by molar-refractivity contribution is 0.938. The first-order valence-corrected chi connectivity index (χ1v) is 9.50. The van der Waals surface area contributed by atoms with Gasteiger partial charge in [-0.2, -0.15) is 0 Å². The van der Waals surface area contributed by atoms with Gasteiger partial charge in [0.25, 0.3) is 0 Å². The van der Waals surface area contributed by atoms with Gasteiger partial charge in [-0.3, -0.25) is 0 Å². The molecule has 2 nitrogen and oxygen atoms in total. The molecule has 3 rings (SSSR count). The van der Waals surface area contributed by atoms with Gasteiger partial charge >= 0.3 is 0 Å². The summed E-state index contributed by atoms with van der Waals surface area (Å²) in [6, 6.07) is 13.2. The van der Waals surface area contributed by atoms with E-state index in [1.807, 2.05) is 36.4 Å². The Labute approximate surface area is 160 Å². The van der Waals surface area contributed by atoms with Crippen molar-refractivity contribution < 1.29 is 0 Å². The van der Waals surface area contributed by atoms with Crippen molar-refractivity contribution in [2.45, 2.75) is 19.8 Å². The monoisotopic (exact) mass is 396 g/mol. The topological polar surface area (TPSA) is 24.9 Å². The average molecular weight is 398 g/mol. The first-order chi connectivity index (χ1) is 11.6. The second kappa shape index (κ2) is 7.75. The number of hydrogen-bond acceptors (Lipinski definition) is 3. The van der Waals surface area contributed by atoms with E-state index >= 15 is 0 Å². The molecule has 3 aromatic rings. The number of rotatable bonds is 5. The van der Waals surface area contributed by atoms with Crippen molar-refractivity contribution in [2.75, 3.05) is 5.32 Å². The lowest BCUT2D eigenvalue weighted by Crippen LogP contribution is -1.90. The van der Waals surface area contributed by atoms with Crippen molar-refractivity contribution in [2.24, 2.45) is 0 Å². The molecule has 1 N–H and O–H groups in total. The van der Waals surface area contributed by atoms with E-state index in [9.17, 15) is 0 Å². The summed E-state index contributed by atoms with van der Waals surface area (Å²) in [5.41, 5.74) is 2.75. The van der Waals surface area contributed by atoms with Gasteiger partial charge in [-0.15, -0.1) is 11.3 Å². The Morgan fingerprint density at radius 1 is 1.00 bits per heavy atom. The summed E-state index contributed by atoms with van der Waals surface area (Å²) in [5.74, 6) is 0. The highest BCUT2D eigenvalue weighted by atomic mass is 35.5. The largest absolute Gasteiger partial charge is 0.330 e. The molecule has 0 fully saturated rings. The fraction of sp³-hybridized carbons (Fsp3) is 0.167. The van der Waals surface area contributed by atoms with Gasteiger partial charge in [0.1, 0.15) is 0 Å². The Morgan fingerprint density at radius 2 is 1.79 bits per heavy atom. The van der Waals surface area contributed by atoms with E-state index in [0.29, 0.717) is 15.1 Å². The van der Waals surface area contributed by atoms with Crippen LogP contribution in [-0.2, 0) is 6.42 Å². The molecule has 0 bridgehead atoms. The van der Waals surface area contributed by atoms with E-state index in [1.54, 1.807) is 17.4 Å². The molecule has 0 aliphatic heterocycles. The first-order valence-electron chi connectivity index (χ1n) is 7.55. The minimum atomic E-state index is 0.533. The first kappa shape index (κ1) is 17.6. The molecular weight excluding hydrogens is 383 g/mol. The van der Waals surface area contributed by atoms with Gasteiger partial charge < -0.3 is 5.32 Å². The van der Waals surface area contributed by atoms with E-state index in [-0.39, 0.29) is 0 Å². The lowest BCUT2D eigenvalue weighted by Gasteiger charge is -2.04. The zero-order valence-corrected chi connectivity index (χ0v) is 16.0. The minimum Gasteiger partial charge on any atom is -0.330 e. The maximum Gasteiger partial charge on any atom is 0.188 e. The SMILES string of the molecule is CCCc1sc(Nc2ccccc2Cl)nc1-c1ccc(Cl)c(Cl)c1. The molecule has 1 aromatic heterocycles. The Hall–Kier alpha value is -1.26. The normalized spacial score (nSPS) is 10.8. The van der Waals surface area contributed by atoms with Crippen LogP contribution in [0.1, 0.15) is 18.2 Å². The molecule has 1 heterocycles. The third kappa shape index (κ3) is 3.86. The van der Waals surface area contributed by atoms with Crippen LogP contribution in [0.15, 0.2) is 42.5 Å². The summed E-state index contributed by atoms with van der Waals surface area (Å²) in [6.45, 7) is 2.15. The van der Waals surface area contributed by atoms with Gasteiger partial charge in [-0.25, -0.2) is 4.98 Å². The molecule has 0 amide bonds. The smallest absolute Gasteiger partial charge is 0.188 e. The van der Waals surface area contributed by atoms with Gasteiger partial charge in [0.2, 0.25) is 0 Å². The van der Waals surface area contributed by atoms with Gasteiger partial charge in [0, 0.05) is 10.4 Å². The van der Waals surface area contributed by atoms with Gasteiger partial charge in [0.15, 0.2) is 5.13 Å². The Kier molecular flexibility index (Phi) is 5.67. The molecule has 0 unspecified atom stereocenters. The third-order valence-corrected chi connectivity index (χ3v) is 5.58. The second-order valence-corrected chi connectivity index (χ2v) is 7.58. The second-order valence-electron chi connectivity index (χ2n) is 5.27. The van der Waals surface area contributed by atoms with Gasteiger partial charge in [0.05, 0.1) is 26.4 Å². The summed E-state index contributed by atoms with van der Waals surface area (Å²) < 4.78 is 0. The van der Waals surface area contributed by atoms with Crippen LogP contribution in [0.25, 0.3) is 11.3 Å². The predicted octanol–water partition coefficient (Wildman–Crippen LogP) is 7.47. The quantitative estimate of drug-likeness (QED) is 0.483. The zero-order valence-electron chi connectivity index (χ0n) is 12.9. The number of benzene rings is 2. The number of nitrogens with zero attached hydrogens (tertiary/aromatic N) is 1. The van der Waals surface area contributed by atoms with Crippen molar-refractivity contribution in [3.8, 4) is 11.3 Å². The van der Waals surface area contributed by atoms with E-state index < -0.39 is 0 Å². The number of hydrogen-bond donors (Lipinski definition) is 1. The van der Waals surface area contributed by atoms with Gasteiger partial charge in [-0.1, -0.05) is 66.3 Å². The summed E-state index contributed by atoms with van der Waals surface area (Å²) in [5, 5.41) is 5.86. The Bertz CT molecular complexity index is 861. The van der Waals surface area contributed by atoms with Crippen LogP contribution in [0.2, 0.25) is 15.1 Å². The molecular formula is C18H15Cl3N2S. The fourth-order valence-corrected chi connectivity index (χ4v) is 3.93. The average Bonchev–Trinajstić information content (AvgIpc) is 2.95. The van der Waals surface area contributed by atoms with Crippen LogP contribution in [0.3, 0.4) is 0 Å². The van der Waals surface area contributed by atoms with Crippen LogP contribution in [0.4, 0.5) is 10.8 Å². The van der Waals surface area contributed by atoms with E-state index in [1.165, 1.54) is 4.88 Å². The molecule has 0 saturated carbocycles. The molecule has 124 valence electrons. The van der Waals surface area contributed by atoms with E-state index in [4.69, 9.17) is 39.8 Å². The summed E-state index contributed by atoms with van der Waals surface area (Å²) in [7, 11) is 0. The molecule has 2 aromatic carbocycles. The molecule has 0 atom stereocenters. The highest BCUT2D eigenvalue weighted by Gasteiger charge is 2.14. The minimum absolute atomic E-state index is 0.533. The molecule has 0 aliphatic carbocycles. The lowest BCUT2D eigenvalue weighted by atomic mass is 10.1. The van der Waals surface area contributed by atoms with Crippen molar-refractivity contribution in [1.29, 1.82) is 0 Å². The summed E-state index contributed by atoms with van der Waals surface area (Å²) >= 11 is 20.0. The third-order valence-electron chi connectivity index (χ3n) is 3.48. The number of aromatic nitrogens is 1. The molecule has 0 radical (unpaired) electrons. The fourth-order valence-electron chi connectivity index (χ4n) is 2.35. The van der Waals surface area contributed by atoms with E-state index in [0.717, 1.165) is 34.9 Å². The maximum absolute atomic E-state index is 6.22. The van der Waals surface area contributed by atoms with Crippen molar-refractivity contribution >= 4 is 57.0 Å². The van der Waals surface area contributed by atoms with Gasteiger partial charge in [-0.05, 0) is 30.7 Å². The zero-order chi connectivity index (χ0) is 17.1. The van der Waals surface area contributed by atoms with Crippen LogP contribution >= 0.6 is 46.1 Å². The summed E-state index contributed by atoms with van der Waals surface area (Å²) in [6.07, 6.45) is 2.00. The van der Waals surface area contributed by atoms with Crippen LogP contribution < -0.4 is 5.32 Å².